The molecule has 184 valence electrons. The fraction of sp³-hybridized carbons (Fsp3) is 0.423. The molecule has 9 heteroatoms. The van der Waals surface area contributed by atoms with Crippen molar-refractivity contribution in [2.24, 2.45) is 5.92 Å². The van der Waals surface area contributed by atoms with Crippen LogP contribution in [0.15, 0.2) is 48.5 Å². The van der Waals surface area contributed by atoms with E-state index in [0.717, 1.165) is 37.7 Å². The van der Waals surface area contributed by atoms with Gasteiger partial charge in [0, 0.05) is 23.6 Å². The predicted octanol–water partition coefficient (Wildman–Crippen LogP) is 4.88. The van der Waals surface area contributed by atoms with E-state index in [1.54, 1.807) is 15.9 Å². The molecule has 3 unspecified atom stereocenters. The van der Waals surface area contributed by atoms with Gasteiger partial charge in [-0.25, -0.2) is 18.8 Å². The summed E-state index contributed by atoms with van der Waals surface area (Å²) < 4.78 is 25.2. The molecule has 5 rings (SSSR count). The van der Waals surface area contributed by atoms with E-state index in [9.17, 15) is 18.8 Å². The number of anilines is 1. The van der Waals surface area contributed by atoms with Crippen molar-refractivity contribution in [2.75, 3.05) is 11.5 Å². The highest BCUT2D eigenvalue weighted by molar-refractivity contribution is 5.91. The van der Waals surface area contributed by atoms with Crippen LogP contribution in [0.5, 0.6) is 0 Å². The van der Waals surface area contributed by atoms with Gasteiger partial charge >= 0.3 is 18.2 Å². The first kappa shape index (κ1) is 23.1. The minimum absolute atomic E-state index is 0.102. The van der Waals surface area contributed by atoms with Crippen molar-refractivity contribution < 1.29 is 33.4 Å². The normalized spacial score (nSPS) is 22.7. The lowest BCUT2D eigenvalue weighted by molar-refractivity contribution is -0.140. The van der Waals surface area contributed by atoms with Gasteiger partial charge < -0.3 is 14.6 Å². The van der Waals surface area contributed by atoms with E-state index >= 15 is 0 Å². The molecule has 0 aromatic heterocycles. The number of fused-ring (bicyclic) bond motifs is 2. The minimum atomic E-state index is -1.24. The van der Waals surface area contributed by atoms with Crippen molar-refractivity contribution in [3.63, 3.8) is 0 Å². The zero-order valence-electron chi connectivity index (χ0n) is 19.1. The second-order valence-corrected chi connectivity index (χ2v) is 9.31. The zero-order chi connectivity index (χ0) is 24.5. The third-order valence-corrected chi connectivity index (χ3v) is 7.01. The maximum absolute atomic E-state index is 14.5. The molecule has 8 nitrogen and oxygen atoms in total. The van der Waals surface area contributed by atoms with Crippen molar-refractivity contribution in [3.8, 4) is 0 Å². The second kappa shape index (κ2) is 9.56. The summed E-state index contributed by atoms with van der Waals surface area (Å²) in [4.78, 5) is 40.5. The van der Waals surface area contributed by atoms with Crippen LogP contribution in [0, 0.1) is 11.7 Å². The number of amides is 2. The van der Waals surface area contributed by atoms with Gasteiger partial charge in [-0.05, 0) is 49.4 Å². The molecule has 0 spiro atoms. The Hall–Kier alpha value is -3.62. The highest BCUT2D eigenvalue weighted by atomic mass is 19.1. The molecular formula is C26H27FN2O6. The topological polar surface area (TPSA) is 96.4 Å². The summed E-state index contributed by atoms with van der Waals surface area (Å²) in [7, 11) is 0. The largest absolute Gasteiger partial charge is 0.479 e. The van der Waals surface area contributed by atoms with Crippen LogP contribution in [0.25, 0.3) is 0 Å². The second-order valence-electron chi connectivity index (χ2n) is 9.31. The van der Waals surface area contributed by atoms with Crippen LogP contribution in [0.3, 0.4) is 0 Å². The molecule has 35 heavy (non-hydrogen) atoms. The monoisotopic (exact) mass is 482 g/mol. The van der Waals surface area contributed by atoms with Gasteiger partial charge in [-0.3, -0.25) is 9.80 Å². The molecule has 2 saturated carbocycles. The number of ether oxygens (including phenoxy) is 2. The van der Waals surface area contributed by atoms with Gasteiger partial charge in [0.25, 0.3) is 0 Å². The number of carboxylic acids is 1. The number of halogens is 1. The van der Waals surface area contributed by atoms with Crippen LogP contribution < -0.4 is 4.90 Å². The van der Waals surface area contributed by atoms with E-state index in [2.05, 4.69) is 0 Å². The number of carboxylic acid groups (broad SMARTS) is 1. The number of aliphatic carboxylic acids is 1. The minimum Gasteiger partial charge on any atom is -0.479 e. The molecule has 0 radical (unpaired) electrons. The Bertz CT molecular complexity index is 1120. The van der Waals surface area contributed by atoms with E-state index in [0.29, 0.717) is 11.3 Å². The van der Waals surface area contributed by atoms with Crippen LogP contribution in [0.2, 0.25) is 0 Å². The van der Waals surface area contributed by atoms with Crippen LogP contribution >= 0.6 is 0 Å². The van der Waals surface area contributed by atoms with Gasteiger partial charge in [0.05, 0.1) is 11.7 Å². The summed E-state index contributed by atoms with van der Waals surface area (Å²) in [6.45, 7) is -0.625. The third-order valence-electron chi connectivity index (χ3n) is 7.01. The summed E-state index contributed by atoms with van der Waals surface area (Å²) in [6.07, 6.45) is 2.61. The summed E-state index contributed by atoms with van der Waals surface area (Å²) in [5, 5.41) is 8.98. The highest BCUT2D eigenvalue weighted by Crippen LogP contribution is 2.53. The van der Waals surface area contributed by atoms with E-state index < -0.39 is 36.6 Å². The molecule has 1 N–H and O–H groups in total. The molecule has 3 atom stereocenters. The van der Waals surface area contributed by atoms with Gasteiger partial charge in [-0.2, -0.15) is 0 Å². The lowest BCUT2D eigenvalue weighted by atomic mass is 9.82. The van der Waals surface area contributed by atoms with Crippen LogP contribution in [0.4, 0.5) is 19.7 Å². The number of nitrogens with zero attached hydrogens (tertiary/aromatic N) is 2. The molecule has 2 aromatic rings. The van der Waals surface area contributed by atoms with E-state index in [-0.39, 0.29) is 24.6 Å². The summed E-state index contributed by atoms with van der Waals surface area (Å²) in [6, 6.07) is 12.8. The van der Waals surface area contributed by atoms with Gasteiger partial charge in [-0.15, -0.1) is 0 Å². The Labute approximate surface area is 202 Å². The SMILES string of the molecule is O=C(O)COC(=O)N(C1CC1)C1c2cc(F)ccc2N(C(=O)OCc2ccccc2)C2CCCC21. The number of rotatable bonds is 6. The van der Waals surface area contributed by atoms with Crippen molar-refractivity contribution in [2.45, 2.75) is 56.8 Å². The van der Waals surface area contributed by atoms with Gasteiger partial charge in [-0.1, -0.05) is 36.8 Å². The van der Waals surface area contributed by atoms with Crippen molar-refractivity contribution >= 4 is 23.8 Å². The summed E-state index contributed by atoms with van der Waals surface area (Å²) >= 11 is 0. The Kier molecular flexibility index (Phi) is 6.32. The average Bonchev–Trinajstić information content (AvgIpc) is 3.57. The number of carbonyl (C=O) groups excluding carboxylic acids is 2. The molecule has 2 aromatic carbocycles. The van der Waals surface area contributed by atoms with Crippen molar-refractivity contribution in [3.05, 3.63) is 65.5 Å². The smallest absolute Gasteiger partial charge is 0.414 e. The molecule has 2 aliphatic carbocycles. The molecule has 2 fully saturated rings. The average molecular weight is 483 g/mol. The highest BCUT2D eigenvalue weighted by Gasteiger charge is 2.52. The Morgan fingerprint density at radius 1 is 1.03 bits per heavy atom. The number of benzene rings is 2. The molecule has 3 aliphatic rings. The van der Waals surface area contributed by atoms with Gasteiger partial charge in [0.2, 0.25) is 0 Å². The third kappa shape index (κ3) is 4.67. The van der Waals surface area contributed by atoms with E-state index in [4.69, 9.17) is 14.6 Å². The van der Waals surface area contributed by atoms with Gasteiger partial charge in [0.1, 0.15) is 12.4 Å². The Morgan fingerprint density at radius 2 is 1.80 bits per heavy atom. The number of carbonyl (C=O) groups is 3. The standard InChI is InChI=1S/C26H27FN2O6/c27-17-9-12-22-20(13-17)24(28(18-10-11-18)25(32)35-15-23(30)31)19-7-4-8-21(19)29(22)26(33)34-14-16-5-2-1-3-6-16/h1-3,5-6,9,12-13,18-19,21,24H,4,7-8,10-11,14-15H2,(H,30,31). The summed E-state index contributed by atoms with van der Waals surface area (Å²) in [5.74, 6) is -1.86. The fourth-order valence-corrected chi connectivity index (χ4v) is 5.47. The Morgan fingerprint density at radius 3 is 2.51 bits per heavy atom. The maximum atomic E-state index is 14.5. The lowest BCUT2D eigenvalue weighted by Gasteiger charge is -2.46. The first-order valence-corrected chi connectivity index (χ1v) is 11.9. The lowest BCUT2D eigenvalue weighted by Crippen LogP contribution is -2.53. The summed E-state index contributed by atoms with van der Waals surface area (Å²) in [5.41, 5.74) is 1.89. The van der Waals surface area contributed by atoms with E-state index in [1.807, 2.05) is 30.3 Å². The predicted molar refractivity (Wildman–Crippen MR) is 123 cm³/mol. The molecular weight excluding hydrogens is 455 g/mol. The van der Waals surface area contributed by atoms with Crippen molar-refractivity contribution in [1.82, 2.24) is 4.90 Å². The maximum Gasteiger partial charge on any atom is 0.414 e. The Balaban J connectivity index is 1.49. The number of hydrogen-bond donors (Lipinski definition) is 1. The quantitative estimate of drug-likeness (QED) is 0.631. The van der Waals surface area contributed by atoms with Crippen LogP contribution in [-0.2, 0) is 20.9 Å². The zero-order valence-corrected chi connectivity index (χ0v) is 19.1. The van der Waals surface area contributed by atoms with Crippen molar-refractivity contribution in [1.29, 1.82) is 0 Å². The first-order chi connectivity index (χ1) is 16.9. The molecule has 2 amide bonds. The van der Waals surface area contributed by atoms with Crippen LogP contribution in [0.1, 0.15) is 49.3 Å². The number of hydrogen-bond acceptors (Lipinski definition) is 5. The molecule has 1 heterocycles. The van der Waals surface area contributed by atoms with Gasteiger partial charge in [0.15, 0.2) is 6.61 Å². The molecule has 0 bridgehead atoms. The first-order valence-electron chi connectivity index (χ1n) is 11.9. The van der Waals surface area contributed by atoms with E-state index in [1.165, 1.54) is 12.1 Å². The fourth-order valence-electron chi connectivity index (χ4n) is 5.47. The molecule has 0 saturated heterocycles. The van der Waals surface area contributed by atoms with Crippen LogP contribution in [-0.4, -0.2) is 46.9 Å². The molecule has 1 aliphatic heterocycles.